The standard InChI is InChI=1S/C13H17ClN2O2/c14-12-7-9(3-6-11(12)13(15)18)16-8-1-4-10(17)5-2-8/h3,6-8,10,16-17H,1-2,4-5H2,(H2,15,18). The predicted molar refractivity (Wildman–Crippen MR) is 71.9 cm³/mol. The van der Waals surface area contributed by atoms with Crippen molar-refractivity contribution < 1.29 is 9.90 Å². The van der Waals surface area contributed by atoms with Crippen LogP contribution in [0.2, 0.25) is 5.02 Å². The molecule has 1 aromatic rings. The van der Waals surface area contributed by atoms with Crippen molar-refractivity contribution in [3.05, 3.63) is 28.8 Å². The topological polar surface area (TPSA) is 75.4 Å². The highest BCUT2D eigenvalue weighted by Gasteiger charge is 2.19. The summed E-state index contributed by atoms with van der Waals surface area (Å²) in [6, 6.07) is 5.50. The van der Waals surface area contributed by atoms with Gasteiger partial charge in [-0.3, -0.25) is 4.79 Å². The normalized spacial score (nSPS) is 23.7. The van der Waals surface area contributed by atoms with Crippen molar-refractivity contribution in [2.24, 2.45) is 5.73 Å². The van der Waals surface area contributed by atoms with Crippen LogP contribution in [0.5, 0.6) is 0 Å². The first-order valence-electron chi connectivity index (χ1n) is 6.10. The number of carbonyl (C=O) groups excluding carboxylic acids is 1. The van der Waals surface area contributed by atoms with Crippen LogP contribution in [-0.2, 0) is 0 Å². The van der Waals surface area contributed by atoms with Gasteiger partial charge in [-0.05, 0) is 43.9 Å². The second kappa shape index (κ2) is 5.59. The molecule has 18 heavy (non-hydrogen) atoms. The average molecular weight is 269 g/mol. The van der Waals surface area contributed by atoms with E-state index < -0.39 is 5.91 Å². The number of primary amides is 1. The quantitative estimate of drug-likeness (QED) is 0.786. The van der Waals surface area contributed by atoms with Gasteiger partial charge in [-0.2, -0.15) is 0 Å². The van der Waals surface area contributed by atoms with Gasteiger partial charge in [0.2, 0.25) is 5.91 Å². The fourth-order valence-corrected chi connectivity index (χ4v) is 2.53. The van der Waals surface area contributed by atoms with Gasteiger partial charge in [0, 0.05) is 11.7 Å². The molecule has 1 amide bonds. The fraction of sp³-hybridized carbons (Fsp3) is 0.462. The number of aliphatic hydroxyl groups is 1. The molecule has 0 bridgehead atoms. The number of halogens is 1. The molecule has 98 valence electrons. The van der Waals surface area contributed by atoms with Gasteiger partial charge in [0.05, 0.1) is 16.7 Å². The number of benzene rings is 1. The second-order valence-corrected chi connectivity index (χ2v) is 5.12. The van der Waals surface area contributed by atoms with Crippen LogP contribution in [0, 0.1) is 0 Å². The average Bonchev–Trinajstić information content (AvgIpc) is 2.32. The highest BCUT2D eigenvalue weighted by atomic mass is 35.5. The van der Waals surface area contributed by atoms with Crippen molar-refractivity contribution in [2.75, 3.05) is 5.32 Å². The summed E-state index contributed by atoms with van der Waals surface area (Å²) in [5.74, 6) is -0.521. The third-order valence-corrected chi connectivity index (χ3v) is 3.61. The van der Waals surface area contributed by atoms with Crippen molar-refractivity contribution in [2.45, 2.75) is 37.8 Å². The maximum atomic E-state index is 11.0. The van der Waals surface area contributed by atoms with E-state index in [1.807, 2.05) is 0 Å². The van der Waals surface area contributed by atoms with E-state index in [0.717, 1.165) is 31.4 Å². The Balaban J connectivity index is 2.02. The molecule has 4 N–H and O–H groups in total. The Kier molecular flexibility index (Phi) is 4.09. The van der Waals surface area contributed by atoms with Crippen LogP contribution < -0.4 is 11.1 Å². The molecule has 0 spiro atoms. The minimum atomic E-state index is -0.521. The zero-order valence-electron chi connectivity index (χ0n) is 10.0. The molecule has 4 nitrogen and oxygen atoms in total. The summed E-state index contributed by atoms with van der Waals surface area (Å²) in [4.78, 5) is 11.0. The molecule has 0 saturated heterocycles. The highest BCUT2D eigenvalue weighted by molar-refractivity contribution is 6.34. The van der Waals surface area contributed by atoms with Crippen LogP contribution in [-0.4, -0.2) is 23.2 Å². The summed E-state index contributed by atoms with van der Waals surface area (Å²) in [5, 5.41) is 13.2. The lowest BCUT2D eigenvalue weighted by Gasteiger charge is -2.27. The molecular weight excluding hydrogens is 252 g/mol. The maximum absolute atomic E-state index is 11.0. The fourth-order valence-electron chi connectivity index (χ4n) is 2.26. The van der Waals surface area contributed by atoms with Crippen molar-refractivity contribution in [3.63, 3.8) is 0 Å². The van der Waals surface area contributed by atoms with Gasteiger partial charge < -0.3 is 16.2 Å². The van der Waals surface area contributed by atoms with Crippen LogP contribution in [0.15, 0.2) is 18.2 Å². The van der Waals surface area contributed by atoms with E-state index in [1.54, 1.807) is 18.2 Å². The number of rotatable bonds is 3. The van der Waals surface area contributed by atoms with Crippen molar-refractivity contribution in [1.29, 1.82) is 0 Å². The number of anilines is 1. The highest BCUT2D eigenvalue weighted by Crippen LogP contribution is 2.25. The molecule has 0 radical (unpaired) electrons. The van der Waals surface area contributed by atoms with Crippen molar-refractivity contribution >= 4 is 23.2 Å². The van der Waals surface area contributed by atoms with Crippen molar-refractivity contribution in [1.82, 2.24) is 0 Å². The Morgan fingerprint density at radius 3 is 2.56 bits per heavy atom. The molecule has 2 rings (SSSR count). The van der Waals surface area contributed by atoms with Gasteiger partial charge in [-0.15, -0.1) is 0 Å². The van der Waals surface area contributed by atoms with Gasteiger partial charge in [0.1, 0.15) is 0 Å². The van der Waals surface area contributed by atoms with Crippen LogP contribution in [0.4, 0.5) is 5.69 Å². The molecule has 1 fully saturated rings. The molecule has 0 unspecified atom stereocenters. The van der Waals surface area contributed by atoms with Crippen LogP contribution in [0.1, 0.15) is 36.0 Å². The second-order valence-electron chi connectivity index (χ2n) is 4.71. The van der Waals surface area contributed by atoms with Crippen LogP contribution in [0.3, 0.4) is 0 Å². The van der Waals surface area contributed by atoms with E-state index >= 15 is 0 Å². The van der Waals surface area contributed by atoms with E-state index in [-0.39, 0.29) is 6.10 Å². The summed E-state index contributed by atoms with van der Waals surface area (Å²) in [6.45, 7) is 0. The van der Waals surface area contributed by atoms with Gasteiger partial charge in [0.25, 0.3) is 0 Å². The number of carbonyl (C=O) groups is 1. The van der Waals surface area contributed by atoms with Gasteiger partial charge >= 0.3 is 0 Å². The SMILES string of the molecule is NC(=O)c1ccc(NC2CCC(O)CC2)cc1Cl. The molecule has 1 saturated carbocycles. The lowest BCUT2D eigenvalue weighted by molar-refractivity contribution is 0.100. The van der Waals surface area contributed by atoms with E-state index in [0.29, 0.717) is 16.6 Å². The number of aliphatic hydroxyl groups excluding tert-OH is 1. The first-order valence-corrected chi connectivity index (χ1v) is 6.48. The Hall–Kier alpha value is -1.26. The lowest BCUT2D eigenvalue weighted by atomic mass is 9.93. The summed E-state index contributed by atoms with van der Waals surface area (Å²) in [7, 11) is 0. The number of hydrogen-bond donors (Lipinski definition) is 3. The van der Waals surface area contributed by atoms with E-state index in [2.05, 4.69) is 5.32 Å². The number of amides is 1. The molecule has 0 aliphatic heterocycles. The Labute approximate surface area is 111 Å². The summed E-state index contributed by atoms with van der Waals surface area (Å²) >= 11 is 5.98. The van der Waals surface area contributed by atoms with E-state index in [9.17, 15) is 9.90 Å². The molecule has 1 aliphatic rings. The van der Waals surface area contributed by atoms with Gasteiger partial charge in [-0.1, -0.05) is 11.6 Å². The number of nitrogens with two attached hydrogens (primary N) is 1. The smallest absolute Gasteiger partial charge is 0.250 e. The maximum Gasteiger partial charge on any atom is 0.250 e. The third kappa shape index (κ3) is 3.15. The van der Waals surface area contributed by atoms with Crippen LogP contribution >= 0.6 is 11.6 Å². The zero-order valence-corrected chi connectivity index (χ0v) is 10.8. The lowest BCUT2D eigenvalue weighted by Crippen LogP contribution is -2.28. The molecule has 0 heterocycles. The molecule has 1 aliphatic carbocycles. The van der Waals surface area contributed by atoms with Crippen molar-refractivity contribution in [3.8, 4) is 0 Å². The molecule has 5 heteroatoms. The predicted octanol–water partition coefficient (Wildman–Crippen LogP) is 2.15. The first-order chi connectivity index (χ1) is 8.56. The Morgan fingerprint density at radius 1 is 1.33 bits per heavy atom. The first kappa shape index (κ1) is 13.2. The summed E-state index contributed by atoms with van der Waals surface area (Å²) in [5.41, 5.74) is 6.41. The molecular formula is C13H17ClN2O2. The zero-order chi connectivity index (χ0) is 13.1. The Morgan fingerprint density at radius 2 is 2.00 bits per heavy atom. The largest absolute Gasteiger partial charge is 0.393 e. The third-order valence-electron chi connectivity index (χ3n) is 3.30. The minimum Gasteiger partial charge on any atom is -0.393 e. The molecule has 0 atom stereocenters. The van der Waals surface area contributed by atoms with Gasteiger partial charge in [0.15, 0.2) is 0 Å². The number of nitrogens with one attached hydrogen (secondary N) is 1. The van der Waals surface area contributed by atoms with E-state index in [1.165, 1.54) is 0 Å². The van der Waals surface area contributed by atoms with E-state index in [4.69, 9.17) is 17.3 Å². The molecule has 0 aromatic heterocycles. The van der Waals surface area contributed by atoms with Gasteiger partial charge in [-0.25, -0.2) is 0 Å². The number of hydrogen-bond acceptors (Lipinski definition) is 3. The minimum absolute atomic E-state index is 0.163. The summed E-state index contributed by atoms with van der Waals surface area (Å²) in [6.07, 6.45) is 3.37. The molecule has 1 aromatic carbocycles. The monoisotopic (exact) mass is 268 g/mol. The summed E-state index contributed by atoms with van der Waals surface area (Å²) < 4.78 is 0. The Bertz CT molecular complexity index is 443. The van der Waals surface area contributed by atoms with Crippen LogP contribution in [0.25, 0.3) is 0 Å².